The van der Waals surface area contributed by atoms with Crippen molar-refractivity contribution in [3.8, 4) is 22.7 Å². The largest absolute Gasteiger partial charge is 0.497 e. The fourth-order valence-corrected chi connectivity index (χ4v) is 4.42. The SMILES string of the molecule is COc1ccc(-c2nn(-c3ccccc3)cc2CN2CCCC[C@@H]2CCCO)c(F)c1. The van der Waals surface area contributed by atoms with Gasteiger partial charge in [0.25, 0.3) is 0 Å². The third-order valence-electron chi connectivity index (χ3n) is 6.06. The van der Waals surface area contributed by atoms with Crippen molar-refractivity contribution >= 4 is 0 Å². The highest BCUT2D eigenvalue weighted by Gasteiger charge is 2.25. The minimum atomic E-state index is -0.339. The van der Waals surface area contributed by atoms with Crippen molar-refractivity contribution in [3.63, 3.8) is 0 Å². The zero-order valence-electron chi connectivity index (χ0n) is 18.0. The summed E-state index contributed by atoms with van der Waals surface area (Å²) in [6.07, 6.45) is 7.33. The van der Waals surface area contributed by atoms with Crippen molar-refractivity contribution in [1.82, 2.24) is 14.7 Å². The average Bonchev–Trinajstić information content (AvgIpc) is 3.22. The van der Waals surface area contributed by atoms with Crippen LogP contribution in [0.5, 0.6) is 5.75 Å². The normalized spacial score (nSPS) is 17.1. The van der Waals surface area contributed by atoms with Gasteiger partial charge in [-0.25, -0.2) is 9.07 Å². The van der Waals surface area contributed by atoms with E-state index in [1.807, 2.05) is 41.2 Å². The minimum Gasteiger partial charge on any atom is -0.497 e. The molecule has 1 aliphatic rings. The molecule has 5 nitrogen and oxygen atoms in total. The number of nitrogens with zero attached hydrogens (tertiary/aromatic N) is 3. The van der Waals surface area contributed by atoms with E-state index in [-0.39, 0.29) is 12.4 Å². The molecule has 4 rings (SSSR count). The van der Waals surface area contributed by atoms with Gasteiger partial charge in [-0.05, 0) is 56.5 Å². The van der Waals surface area contributed by atoms with Gasteiger partial charge >= 0.3 is 0 Å². The fourth-order valence-electron chi connectivity index (χ4n) is 4.42. The van der Waals surface area contributed by atoms with Gasteiger partial charge in [0.2, 0.25) is 0 Å². The number of hydrogen-bond donors (Lipinski definition) is 1. The van der Waals surface area contributed by atoms with Gasteiger partial charge in [-0.3, -0.25) is 4.90 Å². The molecular formula is C25H30FN3O2. The number of benzene rings is 2. The van der Waals surface area contributed by atoms with Crippen molar-refractivity contribution in [1.29, 1.82) is 0 Å². The summed E-state index contributed by atoms with van der Waals surface area (Å²) in [5.41, 5.74) is 3.09. The van der Waals surface area contributed by atoms with Crippen LogP contribution in [-0.4, -0.2) is 46.1 Å². The Morgan fingerprint density at radius 3 is 2.74 bits per heavy atom. The number of piperidine rings is 1. The van der Waals surface area contributed by atoms with E-state index in [9.17, 15) is 9.50 Å². The number of para-hydroxylation sites is 1. The molecule has 0 unspecified atom stereocenters. The van der Waals surface area contributed by atoms with Gasteiger partial charge in [0.15, 0.2) is 0 Å². The van der Waals surface area contributed by atoms with Crippen LogP contribution in [0.1, 0.15) is 37.7 Å². The lowest BCUT2D eigenvalue weighted by Crippen LogP contribution is -2.39. The number of ether oxygens (including phenoxy) is 1. The van der Waals surface area contributed by atoms with Crippen LogP contribution in [0.3, 0.4) is 0 Å². The molecule has 0 aliphatic carbocycles. The fraction of sp³-hybridized carbons (Fsp3) is 0.400. The summed E-state index contributed by atoms with van der Waals surface area (Å²) >= 11 is 0. The maximum Gasteiger partial charge on any atom is 0.136 e. The zero-order valence-corrected chi connectivity index (χ0v) is 18.0. The molecule has 2 aromatic carbocycles. The minimum absolute atomic E-state index is 0.221. The number of rotatable bonds is 8. The van der Waals surface area contributed by atoms with Gasteiger partial charge in [-0.1, -0.05) is 24.6 Å². The number of hydrogen-bond acceptors (Lipinski definition) is 4. The topological polar surface area (TPSA) is 50.5 Å². The molecule has 3 aromatic rings. The van der Waals surface area contributed by atoms with Gasteiger partial charge in [0.1, 0.15) is 17.3 Å². The van der Waals surface area contributed by atoms with Crippen LogP contribution in [0, 0.1) is 5.82 Å². The Morgan fingerprint density at radius 1 is 1.16 bits per heavy atom. The van der Waals surface area contributed by atoms with Crippen LogP contribution in [0.4, 0.5) is 4.39 Å². The van der Waals surface area contributed by atoms with E-state index in [4.69, 9.17) is 9.84 Å². The Morgan fingerprint density at radius 2 is 2.00 bits per heavy atom. The summed E-state index contributed by atoms with van der Waals surface area (Å²) in [4.78, 5) is 2.47. The molecule has 1 fully saturated rings. The van der Waals surface area contributed by atoms with E-state index in [1.165, 1.54) is 19.6 Å². The van der Waals surface area contributed by atoms with Crippen LogP contribution >= 0.6 is 0 Å². The second-order valence-corrected chi connectivity index (χ2v) is 8.11. The number of aliphatic hydroxyl groups excluding tert-OH is 1. The number of likely N-dealkylation sites (tertiary alicyclic amines) is 1. The van der Waals surface area contributed by atoms with Crippen LogP contribution < -0.4 is 4.74 Å². The smallest absolute Gasteiger partial charge is 0.136 e. The summed E-state index contributed by atoms with van der Waals surface area (Å²) in [5.74, 6) is 0.153. The first-order valence-corrected chi connectivity index (χ1v) is 11.0. The molecule has 0 saturated carbocycles. The standard InChI is InChI=1S/C25H30FN3O2/c1-31-22-12-13-23(24(26)16-22)25-19(18-29(27-25)21-9-3-2-4-10-21)17-28-14-6-5-8-20(28)11-7-15-30/h2-4,9-10,12-13,16,18,20,30H,5-8,11,14-15,17H2,1H3/t20-/m1/s1. The van der Waals surface area contributed by atoms with E-state index in [0.29, 0.717) is 29.6 Å². The third-order valence-corrected chi connectivity index (χ3v) is 6.06. The van der Waals surface area contributed by atoms with Crippen molar-refractivity contribution < 1.29 is 14.2 Å². The van der Waals surface area contributed by atoms with Gasteiger partial charge in [0, 0.05) is 42.6 Å². The first kappa shape index (κ1) is 21.5. The molecule has 31 heavy (non-hydrogen) atoms. The maximum atomic E-state index is 15.0. The third kappa shape index (κ3) is 4.97. The molecule has 1 aliphatic heterocycles. The van der Waals surface area contributed by atoms with Gasteiger partial charge < -0.3 is 9.84 Å². The van der Waals surface area contributed by atoms with Gasteiger partial charge in [-0.15, -0.1) is 0 Å². The van der Waals surface area contributed by atoms with Crippen molar-refractivity contribution in [2.75, 3.05) is 20.3 Å². The molecule has 1 atom stereocenters. The molecular weight excluding hydrogens is 393 g/mol. The lowest BCUT2D eigenvalue weighted by Gasteiger charge is -2.35. The summed E-state index contributed by atoms with van der Waals surface area (Å²) in [7, 11) is 1.53. The lowest BCUT2D eigenvalue weighted by molar-refractivity contribution is 0.124. The second kappa shape index (κ2) is 10.1. The monoisotopic (exact) mass is 423 g/mol. The Hall–Kier alpha value is -2.70. The summed E-state index contributed by atoms with van der Waals surface area (Å²) in [6.45, 7) is 1.94. The quantitative estimate of drug-likeness (QED) is 0.565. The van der Waals surface area contributed by atoms with E-state index in [1.54, 1.807) is 12.1 Å². The van der Waals surface area contributed by atoms with Crippen LogP contribution in [0.25, 0.3) is 16.9 Å². The highest BCUT2D eigenvalue weighted by atomic mass is 19.1. The molecule has 0 radical (unpaired) electrons. The molecule has 0 amide bonds. The van der Waals surface area contributed by atoms with Gasteiger partial charge in [-0.2, -0.15) is 5.10 Å². The number of halogens is 1. The van der Waals surface area contributed by atoms with Crippen LogP contribution in [-0.2, 0) is 6.54 Å². The zero-order chi connectivity index (χ0) is 21.6. The second-order valence-electron chi connectivity index (χ2n) is 8.11. The molecule has 2 heterocycles. The maximum absolute atomic E-state index is 15.0. The Balaban J connectivity index is 1.71. The molecule has 1 aromatic heterocycles. The Bertz CT molecular complexity index is 990. The van der Waals surface area contributed by atoms with Gasteiger partial charge in [0.05, 0.1) is 12.8 Å². The Kier molecular flexibility index (Phi) is 6.99. The number of aliphatic hydroxyl groups is 1. The molecule has 1 N–H and O–H groups in total. The first-order valence-electron chi connectivity index (χ1n) is 11.0. The van der Waals surface area contributed by atoms with E-state index in [2.05, 4.69) is 4.90 Å². The number of methoxy groups -OCH3 is 1. The van der Waals surface area contributed by atoms with Crippen molar-refractivity contribution in [2.24, 2.45) is 0 Å². The first-order chi connectivity index (χ1) is 15.2. The number of aromatic nitrogens is 2. The highest BCUT2D eigenvalue weighted by Crippen LogP contribution is 2.31. The predicted molar refractivity (Wildman–Crippen MR) is 120 cm³/mol. The molecule has 164 valence electrons. The average molecular weight is 424 g/mol. The van der Waals surface area contributed by atoms with Crippen LogP contribution in [0.15, 0.2) is 54.7 Å². The van der Waals surface area contributed by atoms with Crippen LogP contribution in [0.2, 0.25) is 0 Å². The Labute approximate surface area is 183 Å². The molecule has 6 heteroatoms. The lowest BCUT2D eigenvalue weighted by atomic mass is 9.97. The summed E-state index contributed by atoms with van der Waals surface area (Å²) in [5, 5.41) is 14.1. The van der Waals surface area contributed by atoms with E-state index >= 15 is 0 Å². The summed E-state index contributed by atoms with van der Waals surface area (Å²) in [6, 6.07) is 15.3. The highest BCUT2D eigenvalue weighted by molar-refractivity contribution is 5.65. The summed E-state index contributed by atoms with van der Waals surface area (Å²) < 4.78 is 22.0. The van der Waals surface area contributed by atoms with Crippen molar-refractivity contribution in [3.05, 3.63) is 66.1 Å². The van der Waals surface area contributed by atoms with E-state index < -0.39 is 0 Å². The van der Waals surface area contributed by atoms with E-state index in [0.717, 1.165) is 43.5 Å². The molecule has 0 spiro atoms. The molecule has 0 bridgehead atoms. The predicted octanol–water partition coefficient (Wildman–Crippen LogP) is 4.81. The molecule has 1 saturated heterocycles. The van der Waals surface area contributed by atoms with Crippen molar-refractivity contribution in [2.45, 2.75) is 44.7 Å².